The summed E-state index contributed by atoms with van der Waals surface area (Å²) in [5, 5.41) is 0. The van der Waals surface area contributed by atoms with Crippen LogP contribution in [0.5, 0.6) is 0 Å². The number of nitrogens with zero attached hydrogens (tertiary/aromatic N) is 1. The molecule has 1 unspecified atom stereocenters. The van der Waals surface area contributed by atoms with Crippen LogP contribution in [0.25, 0.3) is 0 Å². The highest BCUT2D eigenvalue weighted by Gasteiger charge is 2.20. The number of nitrogens with two attached hydrogens (primary N) is 1. The van der Waals surface area contributed by atoms with Crippen molar-refractivity contribution in [3.63, 3.8) is 0 Å². The van der Waals surface area contributed by atoms with Crippen molar-refractivity contribution in [3.05, 3.63) is 39.8 Å². The number of hydrogen-bond donors (Lipinski definition) is 2. The van der Waals surface area contributed by atoms with Crippen molar-refractivity contribution in [2.75, 3.05) is 0 Å². The predicted octanol–water partition coefficient (Wildman–Crippen LogP) is 1.76. The van der Waals surface area contributed by atoms with Crippen molar-refractivity contribution in [2.24, 2.45) is 12.8 Å². The van der Waals surface area contributed by atoms with Crippen LogP contribution in [0.1, 0.15) is 22.4 Å². The van der Waals surface area contributed by atoms with Crippen molar-refractivity contribution in [2.45, 2.75) is 37.8 Å². The molecule has 0 amide bonds. The Balaban J connectivity index is 2.09. The Labute approximate surface area is 129 Å². The van der Waals surface area contributed by atoms with Gasteiger partial charge in [0, 0.05) is 41.3 Å². The molecule has 3 N–H and O–H groups in total. The fourth-order valence-corrected chi connectivity index (χ4v) is 4.55. The van der Waals surface area contributed by atoms with E-state index < -0.39 is 10.0 Å². The lowest BCUT2D eigenvalue weighted by Gasteiger charge is -2.12. The molecule has 0 fully saturated rings. The van der Waals surface area contributed by atoms with Gasteiger partial charge in [-0.1, -0.05) is 0 Å². The van der Waals surface area contributed by atoms with E-state index >= 15 is 0 Å². The molecule has 7 heteroatoms. The smallest absolute Gasteiger partial charge is 0.242 e. The molecular formula is C14H21N3O2S2. The zero-order valence-electron chi connectivity index (χ0n) is 12.5. The fraction of sp³-hybridized carbons (Fsp3) is 0.429. The molecule has 0 aromatic carbocycles. The van der Waals surface area contributed by atoms with Gasteiger partial charge in [-0.3, -0.25) is 0 Å². The Kier molecular flexibility index (Phi) is 4.88. The average Bonchev–Trinajstić information content (AvgIpc) is 2.95. The van der Waals surface area contributed by atoms with Gasteiger partial charge in [0.15, 0.2) is 0 Å². The van der Waals surface area contributed by atoms with Crippen LogP contribution in [0.2, 0.25) is 0 Å². The highest BCUT2D eigenvalue weighted by atomic mass is 32.2. The highest BCUT2D eigenvalue weighted by molar-refractivity contribution is 7.89. The standard InChI is InChI=1S/C14H21N3O2S2/c1-10(6-13-5-4-11(2)20-13)16-21(18,19)14-7-12(8-15)17(3)9-14/h4-5,7,9-10,16H,6,8,15H2,1-3H3. The van der Waals surface area contributed by atoms with Crippen LogP contribution in [-0.4, -0.2) is 19.0 Å². The summed E-state index contributed by atoms with van der Waals surface area (Å²) in [4.78, 5) is 2.67. The van der Waals surface area contributed by atoms with E-state index in [-0.39, 0.29) is 10.9 Å². The minimum Gasteiger partial charge on any atom is -0.352 e. The lowest BCUT2D eigenvalue weighted by Crippen LogP contribution is -2.33. The summed E-state index contributed by atoms with van der Waals surface area (Å²) in [6.45, 7) is 4.23. The second kappa shape index (κ2) is 6.31. The first-order chi connectivity index (χ1) is 9.81. The third kappa shape index (κ3) is 3.94. The van der Waals surface area contributed by atoms with Crippen LogP contribution >= 0.6 is 11.3 Å². The highest BCUT2D eigenvalue weighted by Crippen LogP contribution is 2.18. The predicted molar refractivity (Wildman–Crippen MR) is 85.8 cm³/mol. The molecule has 0 aliphatic rings. The lowest BCUT2D eigenvalue weighted by atomic mass is 10.2. The Morgan fingerprint density at radius 2 is 2.14 bits per heavy atom. The van der Waals surface area contributed by atoms with E-state index in [4.69, 9.17) is 5.73 Å². The van der Waals surface area contributed by atoms with Gasteiger partial charge in [-0.05, 0) is 38.5 Å². The SMILES string of the molecule is Cc1ccc(CC(C)NS(=O)(=O)c2cc(CN)n(C)c2)s1. The van der Waals surface area contributed by atoms with Gasteiger partial charge in [0.05, 0.1) is 4.90 Å². The number of rotatable bonds is 6. The van der Waals surface area contributed by atoms with E-state index in [0.717, 1.165) is 5.69 Å². The Bertz CT molecular complexity index is 716. The first-order valence-corrected chi connectivity index (χ1v) is 9.04. The zero-order valence-corrected chi connectivity index (χ0v) is 14.1. The van der Waals surface area contributed by atoms with Gasteiger partial charge in [-0.25, -0.2) is 13.1 Å². The van der Waals surface area contributed by atoms with Crippen molar-refractivity contribution in [1.29, 1.82) is 0 Å². The van der Waals surface area contributed by atoms with Crippen molar-refractivity contribution < 1.29 is 8.42 Å². The van der Waals surface area contributed by atoms with E-state index in [0.29, 0.717) is 13.0 Å². The summed E-state index contributed by atoms with van der Waals surface area (Å²) in [7, 11) is -1.72. The summed E-state index contributed by atoms with van der Waals surface area (Å²) in [5.41, 5.74) is 6.37. The molecule has 0 bridgehead atoms. The second-order valence-corrected chi connectivity index (χ2v) is 8.31. The maximum Gasteiger partial charge on any atom is 0.242 e. The molecule has 0 spiro atoms. The van der Waals surface area contributed by atoms with Crippen molar-refractivity contribution in [1.82, 2.24) is 9.29 Å². The topological polar surface area (TPSA) is 77.1 Å². The Hall–Kier alpha value is -1.15. The lowest BCUT2D eigenvalue weighted by molar-refractivity contribution is 0.560. The largest absolute Gasteiger partial charge is 0.352 e. The first-order valence-electron chi connectivity index (χ1n) is 6.75. The maximum absolute atomic E-state index is 12.4. The number of aryl methyl sites for hydroxylation is 2. The first kappa shape index (κ1) is 16.2. The summed E-state index contributed by atoms with van der Waals surface area (Å²) in [5.74, 6) is 0. The molecule has 2 aromatic heterocycles. The third-order valence-corrected chi connectivity index (χ3v) is 5.84. The van der Waals surface area contributed by atoms with Crippen LogP contribution < -0.4 is 10.5 Å². The van der Waals surface area contributed by atoms with Gasteiger partial charge in [0.25, 0.3) is 0 Å². The fourth-order valence-electron chi connectivity index (χ4n) is 2.20. The molecule has 1 atom stereocenters. The molecule has 2 heterocycles. The maximum atomic E-state index is 12.4. The van der Waals surface area contributed by atoms with Crippen LogP contribution in [0.15, 0.2) is 29.3 Å². The van der Waals surface area contributed by atoms with Gasteiger partial charge < -0.3 is 10.3 Å². The molecule has 2 aromatic rings. The zero-order chi connectivity index (χ0) is 15.6. The molecule has 21 heavy (non-hydrogen) atoms. The van der Waals surface area contributed by atoms with E-state index in [1.54, 1.807) is 35.2 Å². The van der Waals surface area contributed by atoms with Gasteiger partial charge in [-0.15, -0.1) is 11.3 Å². The molecule has 5 nitrogen and oxygen atoms in total. The normalized spacial score (nSPS) is 13.5. The summed E-state index contributed by atoms with van der Waals surface area (Å²) in [6.07, 6.45) is 2.28. The number of nitrogens with one attached hydrogen (secondary N) is 1. The molecular weight excluding hydrogens is 306 g/mol. The van der Waals surface area contributed by atoms with Crippen LogP contribution in [0.3, 0.4) is 0 Å². The summed E-state index contributed by atoms with van der Waals surface area (Å²) < 4.78 is 29.2. The average molecular weight is 327 g/mol. The molecule has 0 radical (unpaired) electrons. The number of sulfonamides is 1. The van der Waals surface area contributed by atoms with Gasteiger partial charge in [0.1, 0.15) is 0 Å². The van der Waals surface area contributed by atoms with E-state index in [1.807, 2.05) is 26.0 Å². The Morgan fingerprint density at radius 3 is 2.67 bits per heavy atom. The summed E-state index contributed by atoms with van der Waals surface area (Å²) in [6, 6.07) is 5.55. The second-order valence-electron chi connectivity index (χ2n) is 5.22. The number of aromatic nitrogens is 1. The molecule has 0 saturated carbocycles. The number of hydrogen-bond acceptors (Lipinski definition) is 4. The molecule has 0 saturated heterocycles. The number of thiophene rings is 1. The van der Waals surface area contributed by atoms with E-state index in [2.05, 4.69) is 4.72 Å². The monoisotopic (exact) mass is 327 g/mol. The molecule has 0 aliphatic heterocycles. The van der Waals surface area contributed by atoms with Gasteiger partial charge in [-0.2, -0.15) is 0 Å². The van der Waals surface area contributed by atoms with Crippen LogP contribution in [-0.2, 0) is 30.0 Å². The molecule has 2 rings (SSSR count). The van der Waals surface area contributed by atoms with E-state index in [1.165, 1.54) is 9.75 Å². The van der Waals surface area contributed by atoms with Gasteiger partial charge in [0.2, 0.25) is 10.0 Å². The van der Waals surface area contributed by atoms with Crippen molar-refractivity contribution in [3.8, 4) is 0 Å². The molecule has 0 aliphatic carbocycles. The van der Waals surface area contributed by atoms with Crippen molar-refractivity contribution >= 4 is 21.4 Å². The quantitative estimate of drug-likeness (QED) is 0.849. The minimum atomic E-state index is -3.51. The minimum absolute atomic E-state index is 0.158. The van der Waals surface area contributed by atoms with Crippen LogP contribution in [0, 0.1) is 6.92 Å². The Morgan fingerprint density at radius 1 is 1.43 bits per heavy atom. The third-order valence-electron chi connectivity index (χ3n) is 3.26. The molecule has 116 valence electrons. The van der Waals surface area contributed by atoms with Gasteiger partial charge >= 0.3 is 0 Å². The summed E-state index contributed by atoms with van der Waals surface area (Å²) >= 11 is 1.69. The van der Waals surface area contributed by atoms with Crippen LogP contribution in [0.4, 0.5) is 0 Å². The van der Waals surface area contributed by atoms with E-state index in [9.17, 15) is 8.42 Å².